The number of carboxylic acid groups (broad SMARTS) is 1. The lowest BCUT2D eigenvalue weighted by Crippen LogP contribution is -2.03. The number of carboxylic acids is 1. The molecule has 0 aromatic carbocycles. The van der Waals surface area contributed by atoms with Crippen molar-refractivity contribution in [3.8, 4) is 0 Å². The first kappa shape index (κ1) is 10.6. The van der Waals surface area contributed by atoms with Gasteiger partial charge in [0.05, 0.1) is 0 Å². The molecule has 0 spiro atoms. The Morgan fingerprint density at radius 2 is 2.43 bits per heavy atom. The normalized spacial score (nSPS) is 12.7. The summed E-state index contributed by atoms with van der Waals surface area (Å²) in [4.78, 5) is 14.2. The van der Waals surface area contributed by atoms with Crippen molar-refractivity contribution in [2.75, 3.05) is 7.11 Å². The fourth-order valence-electron chi connectivity index (χ4n) is 1.05. The van der Waals surface area contributed by atoms with E-state index in [1.807, 2.05) is 6.92 Å². The summed E-state index contributed by atoms with van der Waals surface area (Å²) in [5, 5.41) is 12.1. The number of rotatable bonds is 5. The highest BCUT2D eigenvalue weighted by Gasteiger charge is 2.16. The summed E-state index contributed by atoms with van der Waals surface area (Å²) in [5.41, 5.74) is 0. The molecule has 78 valence electrons. The Kier molecular flexibility index (Phi) is 3.58. The van der Waals surface area contributed by atoms with Crippen LogP contribution in [0.3, 0.4) is 0 Å². The second kappa shape index (κ2) is 4.71. The molecule has 0 saturated heterocycles. The van der Waals surface area contributed by atoms with Crippen LogP contribution in [0.25, 0.3) is 0 Å². The summed E-state index contributed by atoms with van der Waals surface area (Å²) in [6.45, 7) is 1.92. The van der Waals surface area contributed by atoms with Crippen LogP contribution < -0.4 is 0 Å². The number of carbonyl (C=O) groups is 1. The lowest BCUT2D eigenvalue weighted by molar-refractivity contribution is -0.136. The van der Waals surface area contributed by atoms with Crippen LogP contribution in [0.4, 0.5) is 0 Å². The summed E-state index contributed by atoms with van der Waals surface area (Å²) >= 11 is 0. The van der Waals surface area contributed by atoms with Crippen LogP contribution in [-0.4, -0.2) is 28.3 Å². The number of hydrogen-bond acceptors (Lipinski definition) is 5. The zero-order valence-corrected chi connectivity index (χ0v) is 8.06. The molecule has 0 amide bonds. The lowest BCUT2D eigenvalue weighted by atomic mass is 10.2. The summed E-state index contributed by atoms with van der Waals surface area (Å²) in [6, 6.07) is 0. The predicted octanol–water partition coefficient (Wildman–Crippen LogP) is 0.794. The monoisotopic (exact) mass is 200 g/mol. The molecule has 0 aliphatic carbocycles. The van der Waals surface area contributed by atoms with E-state index < -0.39 is 5.97 Å². The standard InChI is InChI=1S/C8H12N2O4/c1-3-5(13-2)8-9-6(14-10-8)4-7(11)12/h5H,3-4H2,1-2H3,(H,11,12). The number of hydrogen-bond donors (Lipinski definition) is 1. The van der Waals surface area contributed by atoms with E-state index in [0.717, 1.165) is 0 Å². The quantitative estimate of drug-likeness (QED) is 0.756. The maximum Gasteiger partial charge on any atom is 0.312 e. The van der Waals surface area contributed by atoms with Gasteiger partial charge in [-0.25, -0.2) is 0 Å². The van der Waals surface area contributed by atoms with Crippen molar-refractivity contribution in [3.63, 3.8) is 0 Å². The van der Waals surface area contributed by atoms with Crippen molar-refractivity contribution >= 4 is 5.97 Å². The molecule has 0 aliphatic rings. The van der Waals surface area contributed by atoms with Crippen molar-refractivity contribution in [2.24, 2.45) is 0 Å². The Labute approximate surface area is 80.9 Å². The topological polar surface area (TPSA) is 85.5 Å². The third-order valence-corrected chi connectivity index (χ3v) is 1.73. The van der Waals surface area contributed by atoms with Crippen LogP contribution in [0, 0.1) is 0 Å². The van der Waals surface area contributed by atoms with Gasteiger partial charge in [0.15, 0.2) is 0 Å². The Bertz CT molecular complexity index is 306. The summed E-state index contributed by atoms with van der Waals surface area (Å²) in [6.07, 6.45) is 0.219. The van der Waals surface area contributed by atoms with E-state index in [2.05, 4.69) is 10.1 Å². The van der Waals surface area contributed by atoms with Crippen LogP contribution in [0.15, 0.2) is 4.52 Å². The average molecular weight is 200 g/mol. The van der Waals surface area contributed by atoms with Crippen molar-refractivity contribution < 1.29 is 19.2 Å². The van der Waals surface area contributed by atoms with Crippen molar-refractivity contribution in [1.29, 1.82) is 0 Å². The summed E-state index contributed by atoms with van der Waals surface area (Å²) in [7, 11) is 1.54. The highest BCUT2D eigenvalue weighted by Crippen LogP contribution is 2.16. The van der Waals surface area contributed by atoms with Gasteiger partial charge in [-0.3, -0.25) is 4.79 Å². The minimum atomic E-state index is -0.995. The van der Waals surface area contributed by atoms with Crippen LogP contribution in [-0.2, 0) is 16.0 Å². The van der Waals surface area contributed by atoms with E-state index in [9.17, 15) is 4.79 Å². The van der Waals surface area contributed by atoms with Gasteiger partial charge in [0.25, 0.3) is 0 Å². The molecule has 0 aliphatic heterocycles. The molecule has 14 heavy (non-hydrogen) atoms. The van der Waals surface area contributed by atoms with Gasteiger partial charge in [0.1, 0.15) is 12.5 Å². The minimum absolute atomic E-state index is 0.100. The first-order chi connectivity index (χ1) is 6.67. The molecule has 0 saturated carbocycles. The largest absolute Gasteiger partial charge is 0.481 e. The first-order valence-electron chi connectivity index (χ1n) is 4.24. The summed E-state index contributed by atoms with van der Waals surface area (Å²) < 4.78 is 9.81. The summed E-state index contributed by atoms with van der Waals surface area (Å²) in [5.74, 6) is -0.500. The van der Waals surface area contributed by atoms with Crippen molar-refractivity contribution in [1.82, 2.24) is 10.1 Å². The smallest absolute Gasteiger partial charge is 0.312 e. The molecule has 1 rings (SSSR count). The van der Waals surface area contributed by atoms with E-state index in [1.54, 1.807) is 7.11 Å². The lowest BCUT2D eigenvalue weighted by Gasteiger charge is -2.05. The van der Waals surface area contributed by atoms with Gasteiger partial charge >= 0.3 is 5.97 Å². The second-order valence-corrected chi connectivity index (χ2v) is 2.75. The van der Waals surface area contributed by atoms with Crippen LogP contribution in [0.5, 0.6) is 0 Å². The van der Waals surface area contributed by atoms with Gasteiger partial charge in [0.2, 0.25) is 11.7 Å². The third kappa shape index (κ3) is 2.53. The molecule has 0 bridgehead atoms. The van der Waals surface area contributed by atoms with Gasteiger partial charge in [-0.1, -0.05) is 12.1 Å². The van der Waals surface area contributed by atoms with Crippen LogP contribution in [0.2, 0.25) is 0 Å². The molecule has 1 heterocycles. The Morgan fingerprint density at radius 1 is 1.71 bits per heavy atom. The van der Waals surface area contributed by atoms with E-state index in [1.165, 1.54) is 0 Å². The van der Waals surface area contributed by atoms with Crippen molar-refractivity contribution in [3.05, 3.63) is 11.7 Å². The number of ether oxygens (including phenoxy) is 1. The molecule has 6 nitrogen and oxygen atoms in total. The Balaban J connectivity index is 2.71. The van der Waals surface area contributed by atoms with Crippen LogP contribution >= 0.6 is 0 Å². The molecule has 1 unspecified atom stereocenters. The molecule has 0 fully saturated rings. The molecule has 1 aromatic heterocycles. The third-order valence-electron chi connectivity index (χ3n) is 1.73. The maximum absolute atomic E-state index is 10.3. The number of aliphatic carboxylic acids is 1. The van der Waals surface area contributed by atoms with Gasteiger partial charge in [0, 0.05) is 7.11 Å². The average Bonchev–Trinajstić information content (AvgIpc) is 2.54. The van der Waals surface area contributed by atoms with E-state index in [4.69, 9.17) is 14.4 Å². The SMILES string of the molecule is CCC(OC)c1noc(CC(=O)O)n1. The number of aromatic nitrogens is 2. The Hall–Kier alpha value is -1.43. The van der Waals surface area contributed by atoms with E-state index in [-0.39, 0.29) is 18.4 Å². The van der Waals surface area contributed by atoms with Crippen LogP contribution in [0.1, 0.15) is 31.2 Å². The zero-order chi connectivity index (χ0) is 10.6. The second-order valence-electron chi connectivity index (χ2n) is 2.75. The van der Waals surface area contributed by atoms with E-state index >= 15 is 0 Å². The number of methoxy groups -OCH3 is 1. The molecule has 6 heteroatoms. The molecular weight excluding hydrogens is 188 g/mol. The molecule has 1 atom stereocenters. The minimum Gasteiger partial charge on any atom is -0.481 e. The van der Waals surface area contributed by atoms with Gasteiger partial charge in [-0.2, -0.15) is 4.98 Å². The first-order valence-corrected chi connectivity index (χ1v) is 4.24. The number of nitrogens with zero attached hydrogens (tertiary/aromatic N) is 2. The highest BCUT2D eigenvalue weighted by molar-refractivity contribution is 5.68. The molecule has 0 radical (unpaired) electrons. The van der Waals surface area contributed by atoms with Gasteiger partial charge in [-0.05, 0) is 6.42 Å². The van der Waals surface area contributed by atoms with Gasteiger partial charge in [-0.15, -0.1) is 0 Å². The predicted molar refractivity (Wildman–Crippen MR) is 45.7 cm³/mol. The molecular formula is C8H12N2O4. The van der Waals surface area contributed by atoms with Crippen molar-refractivity contribution in [2.45, 2.75) is 25.9 Å². The van der Waals surface area contributed by atoms with Gasteiger partial charge < -0.3 is 14.4 Å². The Morgan fingerprint density at radius 3 is 2.93 bits per heavy atom. The fraction of sp³-hybridized carbons (Fsp3) is 0.625. The fourth-order valence-corrected chi connectivity index (χ4v) is 1.05. The molecule has 1 N–H and O–H groups in total. The van der Waals surface area contributed by atoms with E-state index in [0.29, 0.717) is 12.2 Å². The maximum atomic E-state index is 10.3. The highest BCUT2D eigenvalue weighted by atomic mass is 16.5. The zero-order valence-electron chi connectivity index (χ0n) is 8.06. The molecule has 1 aromatic rings.